The predicted octanol–water partition coefficient (Wildman–Crippen LogP) is 1.92. The number of likely N-dealkylation sites (tertiary alicyclic amines) is 1. The Kier molecular flexibility index (Phi) is 6.42. The molecular formula is C21H32N4O3. The van der Waals surface area contributed by atoms with Gasteiger partial charge in [-0.15, -0.1) is 0 Å². The highest BCUT2D eigenvalue weighted by Gasteiger charge is 2.37. The van der Waals surface area contributed by atoms with Crippen molar-refractivity contribution >= 4 is 11.9 Å². The van der Waals surface area contributed by atoms with Crippen LogP contribution in [0.25, 0.3) is 0 Å². The molecule has 2 bridgehead atoms. The van der Waals surface area contributed by atoms with E-state index in [1.807, 2.05) is 29.4 Å². The number of amides is 3. The average Bonchev–Trinajstić information content (AvgIpc) is 2.66. The maximum Gasteiger partial charge on any atom is 0.318 e. The number of hydrogen-bond acceptors (Lipinski definition) is 3. The zero-order chi connectivity index (χ0) is 20.3. The quantitative estimate of drug-likeness (QED) is 0.731. The summed E-state index contributed by atoms with van der Waals surface area (Å²) in [5.74, 6) is 0.330. The van der Waals surface area contributed by atoms with Crippen LogP contribution in [0.4, 0.5) is 4.79 Å². The number of carbonyl (C=O) groups excluding carboxylic acids is 2. The topological polar surface area (TPSA) is 83.4 Å². The number of carbonyl (C=O) groups is 2. The van der Waals surface area contributed by atoms with Gasteiger partial charge in [-0.05, 0) is 30.7 Å². The maximum absolute atomic E-state index is 12.9. The van der Waals surface area contributed by atoms with E-state index in [0.717, 1.165) is 25.0 Å². The van der Waals surface area contributed by atoms with Crippen LogP contribution in [0.1, 0.15) is 51.6 Å². The predicted molar refractivity (Wildman–Crippen MR) is 108 cm³/mol. The van der Waals surface area contributed by atoms with Crippen molar-refractivity contribution in [2.75, 3.05) is 19.6 Å². The molecule has 154 valence electrons. The van der Waals surface area contributed by atoms with E-state index < -0.39 is 6.04 Å². The Balaban J connectivity index is 1.66. The molecule has 7 heteroatoms. The summed E-state index contributed by atoms with van der Waals surface area (Å²) in [6.45, 7) is 8.44. The number of hydrogen-bond donors (Lipinski definition) is 2. The second-order valence-corrected chi connectivity index (χ2v) is 8.42. The lowest BCUT2D eigenvalue weighted by atomic mass is 9.83. The molecule has 1 aromatic heterocycles. The zero-order valence-corrected chi connectivity index (χ0v) is 17.1. The third-order valence-electron chi connectivity index (χ3n) is 5.82. The van der Waals surface area contributed by atoms with Crippen LogP contribution in [-0.2, 0) is 11.3 Å². The Morgan fingerprint density at radius 2 is 2.00 bits per heavy atom. The maximum atomic E-state index is 12.9. The zero-order valence-electron chi connectivity index (χ0n) is 17.1. The number of pyridine rings is 1. The third kappa shape index (κ3) is 4.39. The van der Waals surface area contributed by atoms with E-state index in [9.17, 15) is 14.4 Å². The Labute approximate surface area is 166 Å². The summed E-state index contributed by atoms with van der Waals surface area (Å²) in [5, 5.41) is 5.87. The van der Waals surface area contributed by atoms with Crippen molar-refractivity contribution in [3.05, 3.63) is 34.2 Å². The van der Waals surface area contributed by atoms with Crippen molar-refractivity contribution in [1.82, 2.24) is 20.1 Å². The Bertz CT molecular complexity index is 773. The van der Waals surface area contributed by atoms with Crippen molar-refractivity contribution in [3.8, 4) is 0 Å². The van der Waals surface area contributed by atoms with Gasteiger partial charge >= 0.3 is 6.03 Å². The van der Waals surface area contributed by atoms with Gasteiger partial charge in [-0.1, -0.05) is 33.3 Å². The fourth-order valence-electron chi connectivity index (χ4n) is 4.32. The van der Waals surface area contributed by atoms with Gasteiger partial charge in [-0.2, -0.15) is 0 Å². The van der Waals surface area contributed by atoms with Crippen LogP contribution in [-0.4, -0.2) is 47.1 Å². The van der Waals surface area contributed by atoms with Gasteiger partial charge in [0.2, 0.25) is 5.91 Å². The van der Waals surface area contributed by atoms with Crippen molar-refractivity contribution in [3.63, 3.8) is 0 Å². The molecule has 28 heavy (non-hydrogen) atoms. The molecule has 0 aromatic carbocycles. The lowest BCUT2D eigenvalue weighted by molar-refractivity contribution is -0.123. The van der Waals surface area contributed by atoms with Crippen molar-refractivity contribution in [2.24, 2.45) is 11.8 Å². The minimum Gasteiger partial charge on any atom is -0.354 e. The Morgan fingerprint density at radius 1 is 1.21 bits per heavy atom. The van der Waals surface area contributed by atoms with Gasteiger partial charge in [-0.3, -0.25) is 9.59 Å². The molecular weight excluding hydrogens is 356 g/mol. The minimum absolute atomic E-state index is 0.00849. The first kappa shape index (κ1) is 20.4. The van der Waals surface area contributed by atoms with Gasteiger partial charge in [0.15, 0.2) is 0 Å². The second-order valence-electron chi connectivity index (χ2n) is 8.42. The highest BCUT2D eigenvalue weighted by molar-refractivity contribution is 5.87. The van der Waals surface area contributed by atoms with Crippen LogP contribution < -0.4 is 16.2 Å². The molecule has 2 N–H and O–H groups in total. The van der Waals surface area contributed by atoms with E-state index in [4.69, 9.17) is 0 Å². The summed E-state index contributed by atoms with van der Waals surface area (Å²) >= 11 is 0. The molecule has 3 atom stereocenters. The van der Waals surface area contributed by atoms with Gasteiger partial charge in [0.1, 0.15) is 6.04 Å². The molecule has 1 fully saturated rings. The first-order valence-electron chi connectivity index (χ1n) is 10.4. The lowest BCUT2D eigenvalue weighted by Crippen LogP contribution is -2.57. The smallest absolute Gasteiger partial charge is 0.318 e. The van der Waals surface area contributed by atoms with Gasteiger partial charge in [-0.25, -0.2) is 4.79 Å². The number of unbranched alkanes of at least 4 members (excludes halogenated alkanes) is 1. The largest absolute Gasteiger partial charge is 0.354 e. The number of rotatable bonds is 6. The minimum atomic E-state index is -0.541. The van der Waals surface area contributed by atoms with Gasteiger partial charge in [0.05, 0.1) is 0 Å². The van der Waals surface area contributed by atoms with Crippen LogP contribution >= 0.6 is 0 Å². The van der Waals surface area contributed by atoms with Gasteiger partial charge < -0.3 is 20.1 Å². The summed E-state index contributed by atoms with van der Waals surface area (Å²) in [6.07, 6.45) is 2.94. The summed E-state index contributed by atoms with van der Waals surface area (Å²) in [4.78, 5) is 39.4. The van der Waals surface area contributed by atoms with E-state index in [1.165, 1.54) is 0 Å². The molecule has 0 radical (unpaired) electrons. The molecule has 0 aliphatic carbocycles. The lowest BCUT2D eigenvalue weighted by Gasteiger charge is -2.43. The number of nitrogens with zero attached hydrogens (tertiary/aromatic N) is 2. The van der Waals surface area contributed by atoms with Crippen LogP contribution in [0.3, 0.4) is 0 Å². The molecule has 3 unspecified atom stereocenters. The number of urea groups is 1. The summed E-state index contributed by atoms with van der Waals surface area (Å²) < 4.78 is 1.85. The van der Waals surface area contributed by atoms with Crippen LogP contribution in [0.2, 0.25) is 0 Å². The highest BCUT2D eigenvalue weighted by Crippen LogP contribution is 2.34. The average molecular weight is 389 g/mol. The second kappa shape index (κ2) is 8.80. The van der Waals surface area contributed by atoms with Gasteiger partial charge in [0.25, 0.3) is 5.56 Å². The summed E-state index contributed by atoms with van der Waals surface area (Å²) in [7, 11) is 0. The molecule has 2 aliphatic heterocycles. The number of piperidine rings is 1. The number of nitrogens with one attached hydrogen (secondary N) is 2. The van der Waals surface area contributed by atoms with E-state index in [-0.39, 0.29) is 35.3 Å². The van der Waals surface area contributed by atoms with Crippen molar-refractivity contribution in [2.45, 2.75) is 58.5 Å². The standard InChI is InChI=1S/C21H32N4O3/c1-4-5-9-22-20(27)19(14(2)3)23-21(28)24-11-15-10-16(13-24)17-7-6-8-18(26)25(17)12-15/h6-8,14-16,19H,4-5,9-13H2,1-3H3,(H,22,27)(H,23,28). The van der Waals surface area contributed by atoms with Crippen molar-refractivity contribution in [1.29, 1.82) is 0 Å². The SMILES string of the molecule is CCCCNC(=O)C(NC(=O)N1CC2CC(C1)c1cccc(=O)n1C2)C(C)C. The summed E-state index contributed by atoms with van der Waals surface area (Å²) in [5.41, 5.74) is 1.05. The first-order valence-corrected chi connectivity index (χ1v) is 10.4. The molecule has 3 rings (SSSR count). The fraction of sp³-hybridized carbons (Fsp3) is 0.667. The Morgan fingerprint density at radius 3 is 2.71 bits per heavy atom. The summed E-state index contributed by atoms with van der Waals surface area (Å²) in [6, 6.07) is 4.65. The highest BCUT2D eigenvalue weighted by atomic mass is 16.2. The van der Waals surface area contributed by atoms with Crippen LogP contribution in [0.15, 0.2) is 23.0 Å². The monoisotopic (exact) mass is 388 g/mol. The molecule has 2 aliphatic rings. The van der Waals surface area contributed by atoms with Gasteiger partial charge in [0, 0.05) is 43.9 Å². The van der Waals surface area contributed by atoms with Crippen molar-refractivity contribution < 1.29 is 9.59 Å². The van der Waals surface area contributed by atoms with Crippen LogP contribution in [0.5, 0.6) is 0 Å². The van der Waals surface area contributed by atoms with E-state index in [2.05, 4.69) is 17.6 Å². The normalized spacial score (nSPS) is 21.8. The molecule has 3 amide bonds. The van der Waals surface area contributed by atoms with E-state index >= 15 is 0 Å². The number of aromatic nitrogens is 1. The van der Waals surface area contributed by atoms with Crippen LogP contribution in [0, 0.1) is 11.8 Å². The Hall–Kier alpha value is -2.31. The van der Waals surface area contributed by atoms with E-state index in [1.54, 1.807) is 12.1 Å². The first-order chi connectivity index (χ1) is 13.4. The third-order valence-corrected chi connectivity index (χ3v) is 5.82. The van der Waals surface area contributed by atoms with E-state index in [0.29, 0.717) is 26.2 Å². The fourth-order valence-corrected chi connectivity index (χ4v) is 4.32. The molecule has 7 nitrogen and oxygen atoms in total. The molecule has 0 spiro atoms. The molecule has 0 saturated carbocycles. The molecule has 1 saturated heterocycles. The molecule has 1 aromatic rings. The number of fused-ring (bicyclic) bond motifs is 4. The molecule has 3 heterocycles.